The van der Waals surface area contributed by atoms with Crippen molar-refractivity contribution in [2.24, 2.45) is 5.73 Å². The molecule has 4 rings (SSSR count). The van der Waals surface area contributed by atoms with Gasteiger partial charge in [0.2, 0.25) is 0 Å². The molecule has 0 amide bonds. The Labute approximate surface area is 181 Å². The second-order valence-corrected chi connectivity index (χ2v) is 7.77. The van der Waals surface area contributed by atoms with Gasteiger partial charge in [0.1, 0.15) is 11.5 Å². The molecule has 0 aliphatic heterocycles. The molecule has 152 valence electrons. The van der Waals surface area contributed by atoms with Gasteiger partial charge in [-0.3, -0.25) is 0 Å². The summed E-state index contributed by atoms with van der Waals surface area (Å²) in [5.41, 5.74) is 11.7. The molecule has 0 saturated heterocycles. The third kappa shape index (κ3) is 4.25. The first kappa shape index (κ1) is 20.2. The maximum absolute atomic E-state index is 7.69. The number of fused-ring (bicyclic) bond motifs is 1. The Morgan fingerprint density at radius 1 is 1.00 bits per heavy atom. The number of aromatic amines is 1. The Morgan fingerprint density at radius 3 is 2.30 bits per heavy atom. The zero-order chi connectivity index (χ0) is 21.1. The van der Waals surface area contributed by atoms with Crippen LogP contribution in [-0.4, -0.2) is 17.2 Å². The van der Waals surface area contributed by atoms with Crippen LogP contribution in [0.4, 0.5) is 0 Å². The lowest BCUT2D eigenvalue weighted by molar-refractivity contribution is 0.483. The van der Waals surface area contributed by atoms with E-state index in [-0.39, 0.29) is 0 Å². The van der Waals surface area contributed by atoms with Crippen LogP contribution in [0.15, 0.2) is 66.7 Å². The number of benzene rings is 3. The molecule has 4 nitrogen and oxygen atoms in total. The summed E-state index contributed by atoms with van der Waals surface area (Å²) in [6.07, 6.45) is 1.83. The monoisotopic (exact) mass is 417 g/mol. The van der Waals surface area contributed by atoms with Gasteiger partial charge in [0, 0.05) is 27.3 Å². The van der Waals surface area contributed by atoms with E-state index in [2.05, 4.69) is 23.2 Å². The lowest BCUT2D eigenvalue weighted by Crippen LogP contribution is -2.00. The smallest absolute Gasteiger partial charge is 0.127 e. The fourth-order valence-electron chi connectivity index (χ4n) is 3.61. The molecule has 0 aliphatic rings. The molecule has 4 aromatic rings. The lowest BCUT2D eigenvalue weighted by Gasteiger charge is -2.09. The number of nitrogens with two attached hydrogens (primary N) is 1. The molecule has 0 saturated carbocycles. The van der Waals surface area contributed by atoms with Crippen molar-refractivity contribution in [2.75, 3.05) is 6.54 Å². The van der Waals surface area contributed by atoms with Crippen molar-refractivity contribution in [1.29, 1.82) is 5.41 Å². The lowest BCUT2D eigenvalue weighted by atomic mass is 10.0. The van der Waals surface area contributed by atoms with E-state index < -0.39 is 0 Å². The number of halogens is 1. The van der Waals surface area contributed by atoms with Crippen molar-refractivity contribution in [2.45, 2.75) is 19.8 Å². The molecule has 0 fully saturated rings. The summed E-state index contributed by atoms with van der Waals surface area (Å²) in [4.78, 5) is 3.53. The van der Waals surface area contributed by atoms with Crippen LogP contribution in [-0.2, 0) is 6.42 Å². The minimum absolute atomic E-state index is 0.538. The number of hydrogen-bond acceptors (Lipinski definition) is 3. The number of rotatable bonds is 7. The zero-order valence-corrected chi connectivity index (χ0v) is 17.6. The molecule has 3 aromatic carbocycles. The van der Waals surface area contributed by atoms with Crippen molar-refractivity contribution in [3.63, 3.8) is 0 Å². The second-order valence-electron chi connectivity index (χ2n) is 7.34. The van der Waals surface area contributed by atoms with Crippen LogP contribution < -0.4 is 10.5 Å². The van der Waals surface area contributed by atoms with Gasteiger partial charge in [0.05, 0.1) is 0 Å². The van der Waals surface area contributed by atoms with Crippen LogP contribution in [0.1, 0.15) is 24.5 Å². The van der Waals surface area contributed by atoms with Gasteiger partial charge in [0.25, 0.3) is 0 Å². The summed E-state index contributed by atoms with van der Waals surface area (Å²) in [7, 11) is 0. The summed E-state index contributed by atoms with van der Waals surface area (Å²) in [5, 5.41) is 9.59. The fraction of sp³-hybridized carbons (Fsp3) is 0.160. The number of nitrogens with one attached hydrogen (secondary N) is 2. The average Bonchev–Trinajstić information content (AvgIpc) is 3.10. The largest absolute Gasteiger partial charge is 0.457 e. The molecule has 0 radical (unpaired) electrons. The van der Waals surface area contributed by atoms with Crippen LogP contribution >= 0.6 is 11.6 Å². The Morgan fingerprint density at radius 2 is 1.67 bits per heavy atom. The normalized spacial score (nSPS) is 11.0. The standard InChI is InChI=1S/C25H24ClN3O/c1-16(28)17-4-9-20(10-5-17)30-21-11-6-18(7-12-21)25-23(3-2-14-27)22-13-8-19(26)15-24(22)29-25/h4-13,15,28-29H,2-3,14,27H2,1H3. The van der Waals surface area contributed by atoms with E-state index in [1.54, 1.807) is 6.92 Å². The third-order valence-corrected chi connectivity index (χ3v) is 5.40. The highest BCUT2D eigenvalue weighted by molar-refractivity contribution is 6.31. The van der Waals surface area contributed by atoms with Gasteiger partial charge in [0.15, 0.2) is 0 Å². The maximum Gasteiger partial charge on any atom is 0.127 e. The third-order valence-electron chi connectivity index (χ3n) is 5.17. The van der Waals surface area contributed by atoms with E-state index in [4.69, 9.17) is 27.5 Å². The SMILES string of the molecule is CC(=N)c1ccc(Oc2ccc(-c3[nH]c4cc(Cl)ccc4c3CCCN)cc2)cc1. The number of ether oxygens (including phenoxy) is 1. The Bertz CT molecular complexity index is 1180. The summed E-state index contributed by atoms with van der Waals surface area (Å²) < 4.78 is 5.96. The minimum atomic E-state index is 0.538. The number of aromatic nitrogens is 1. The predicted octanol–water partition coefficient (Wildman–Crippen LogP) is 6.56. The zero-order valence-electron chi connectivity index (χ0n) is 16.8. The Balaban J connectivity index is 1.61. The fourth-order valence-corrected chi connectivity index (χ4v) is 3.78. The second kappa shape index (κ2) is 8.74. The molecule has 1 aromatic heterocycles. The van der Waals surface area contributed by atoms with Gasteiger partial charge < -0.3 is 20.9 Å². The highest BCUT2D eigenvalue weighted by Gasteiger charge is 2.13. The van der Waals surface area contributed by atoms with E-state index in [1.807, 2.05) is 48.5 Å². The summed E-state index contributed by atoms with van der Waals surface area (Å²) in [6, 6.07) is 21.6. The van der Waals surface area contributed by atoms with Gasteiger partial charge in [-0.25, -0.2) is 0 Å². The molecule has 5 heteroatoms. The molecular formula is C25H24ClN3O. The number of aryl methyl sites for hydroxylation is 1. The molecule has 0 bridgehead atoms. The average molecular weight is 418 g/mol. The Hall–Kier alpha value is -3.08. The Kier molecular flexibility index (Phi) is 5.88. The van der Waals surface area contributed by atoms with Crippen LogP contribution in [0.25, 0.3) is 22.2 Å². The van der Waals surface area contributed by atoms with Crippen molar-refractivity contribution in [3.8, 4) is 22.8 Å². The van der Waals surface area contributed by atoms with Gasteiger partial charge >= 0.3 is 0 Å². The van der Waals surface area contributed by atoms with Crippen molar-refractivity contribution in [1.82, 2.24) is 4.98 Å². The molecule has 0 spiro atoms. The summed E-state index contributed by atoms with van der Waals surface area (Å²) in [5.74, 6) is 1.51. The molecule has 0 unspecified atom stereocenters. The first-order chi connectivity index (χ1) is 14.5. The van der Waals surface area contributed by atoms with E-state index in [0.717, 1.165) is 46.7 Å². The topological polar surface area (TPSA) is 74.9 Å². The van der Waals surface area contributed by atoms with E-state index in [9.17, 15) is 0 Å². The van der Waals surface area contributed by atoms with Crippen LogP contribution in [0.5, 0.6) is 11.5 Å². The van der Waals surface area contributed by atoms with E-state index in [0.29, 0.717) is 17.3 Å². The summed E-state index contributed by atoms with van der Waals surface area (Å²) >= 11 is 6.19. The number of H-pyrrole nitrogens is 1. The maximum atomic E-state index is 7.69. The van der Waals surface area contributed by atoms with Crippen LogP contribution in [0, 0.1) is 5.41 Å². The molecule has 4 N–H and O–H groups in total. The first-order valence-electron chi connectivity index (χ1n) is 9.99. The van der Waals surface area contributed by atoms with Crippen molar-refractivity contribution < 1.29 is 4.74 Å². The van der Waals surface area contributed by atoms with Crippen LogP contribution in [0.3, 0.4) is 0 Å². The molecule has 30 heavy (non-hydrogen) atoms. The molecular weight excluding hydrogens is 394 g/mol. The number of hydrogen-bond donors (Lipinski definition) is 3. The summed E-state index contributed by atoms with van der Waals surface area (Å²) in [6.45, 7) is 2.43. The minimum Gasteiger partial charge on any atom is -0.457 e. The van der Waals surface area contributed by atoms with Crippen LogP contribution in [0.2, 0.25) is 5.02 Å². The molecule has 1 heterocycles. The molecule has 0 atom stereocenters. The van der Waals surface area contributed by atoms with Gasteiger partial charge in [-0.1, -0.05) is 17.7 Å². The predicted molar refractivity (Wildman–Crippen MR) is 125 cm³/mol. The molecule has 0 aliphatic carbocycles. The van der Waals surface area contributed by atoms with Gasteiger partial charge in [-0.2, -0.15) is 0 Å². The van der Waals surface area contributed by atoms with Crippen molar-refractivity contribution in [3.05, 3.63) is 82.9 Å². The highest BCUT2D eigenvalue weighted by atomic mass is 35.5. The van der Waals surface area contributed by atoms with E-state index >= 15 is 0 Å². The van der Waals surface area contributed by atoms with Gasteiger partial charge in [-0.05, 0) is 104 Å². The highest BCUT2D eigenvalue weighted by Crippen LogP contribution is 2.34. The van der Waals surface area contributed by atoms with E-state index in [1.165, 1.54) is 10.9 Å². The quantitative estimate of drug-likeness (QED) is 0.298. The first-order valence-corrected chi connectivity index (χ1v) is 10.4. The van der Waals surface area contributed by atoms with Crippen molar-refractivity contribution >= 4 is 28.2 Å². The van der Waals surface area contributed by atoms with Gasteiger partial charge in [-0.15, -0.1) is 0 Å².